The van der Waals surface area contributed by atoms with Gasteiger partial charge in [0.25, 0.3) is 0 Å². The molecule has 4 heteroatoms. The Balaban J connectivity index is 1.67. The number of hydrogen-bond acceptors (Lipinski definition) is 2. The highest BCUT2D eigenvalue weighted by molar-refractivity contribution is 14.1. The first-order chi connectivity index (χ1) is 8.84. The minimum atomic E-state index is 1.03. The maximum absolute atomic E-state index is 4.64. The first-order valence-corrected chi connectivity index (χ1v) is 7.76. The molecule has 0 aliphatic carbocycles. The van der Waals surface area contributed by atoms with E-state index in [1.807, 2.05) is 0 Å². The van der Waals surface area contributed by atoms with Crippen LogP contribution in [0.15, 0.2) is 24.3 Å². The monoisotopic (exact) mass is 355 g/mol. The molecule has 2 aromatic rings. The Hall–Kier alpha value is -0.620. The number of likely N-dealkylation sites (tertiary alicyclic amines) is 1. The fraction of sp³-hybridized carbons (Fsp3) is 0.500. The summed E-state index contributed by atoms with van der Waals surface area (Å²) >= 11 is 2.33. The van der Waals surface area contributed by atoms with Gasteiger partial charge in [0.2, 0.25) is 0 Å². The number of halogens is 1. The second-order valence-electron chi connectivity index (χ2n) is 4.93. The lowest BCUT2D eigenvalue weighted by molar-refractivity contribution is 0.323. The van der Waals surface area contributed by atoms with Crippen molar-refractivity contribution in [3.8, 4) is 0 Å². The van der Waals surface area contributed by atoms with Crippen LogP contribution in [0.25, 0.3) is 10.9 Å². The van der Waals surface area contributed by atoms with Crippen LogP contribution in [0.4, 0.5) is 0 Å². The molecule has 0 spiro atoms. The quantitative estimate of drug-likeness (QED) is 0.786. The summed E-state index contributed by atoms with van der Waals surface area (Å²) in [4.78, 5) is 2.57. The summed E-state index contributed by atoms with van der Waals surface area (Å²) in [5, 5.41) is 5.92. The van der Waals surface area contributed by atoms with E-state index < -0.39 is 0 Å². The van der Waals surface area contributed by atoms with Gasteiger partial charge in [-0.1, -0.05) is 18.2 Å². The number of aromatic nitrogens is 2. The Morgan fingerprint density at radius 1 is 1.11 bits per heavy atom. The van der Waals surface area contributed by atoms with Gasteiger partial charge in [0.05, 0.1) is 5.52 Å². The molecule has 3 nitrogen and oxygen atoms in total. The van der Waals surface area contributed by atoms with Crippen LogP contribution in [0, 0.1) is 3.70 Å². The zero-order valence-electron chi connectivity index (χ0n) is 10.5. The fourth-order valence-electron chi connectivity index (χ4n) is 2.71. The Labute approximate surface area is 121 Å². The topological polar surface area (TPSA) is 21.1 Å². The van der Waals surface area contributed by atoms with E-state index in [-0.39, 0.29) is 0 Å². The average Bonchev–Trinajstić information content (AvgIpc) is 3.00. The van der Waals surface area contributed by atoms with Crippen LogP contribution >= 0.6 is 22.6 Å². The third kappa shape index (κ3) is 2.54. The summed E-state index contributed by atoms with van der Waals surface area (Å²) in [6.45, 7) is 4.82. The van der Waals surface area contributed by atoms with Gasteiger partial charge in [-0.05, 0) is 67.6 Å². The predicted molar refractivity (Wildman–Crippen MR) is 82.7 cm³/mol. The molecule has 0 amide bonds. The van der Waals surface area contributed by atoms with Gasteiger partial charge >= 0.3 is 0 Å². The Bertz CT molecular complexity index is 529. The third-order valence-electron chi connectivity index (χ3n) is 3.66. The van der Waals surface area contributed by atoms with E-state index in [0.717, 1.165) is 10.2 Å². The van der Waals surface area contributed by atoms with E-state index in [2.05, 4.69) is 61.5 Å². The lowest BCUT2D eigenvalue weighted by atomic mass is 10.2. The highest BCUT2D eigenvalue weighted by atomic mass is 127. The average molecular weight is 355 g/mol. The molecule has 96 valence electrons. The van der Waals surface area contributed by atoms with Gasteiger partial charge in [0.1, 0.15) is 3.70 Å². The summed E-state index contributed by atoms with van der Waals surface area (Å²) in [7, 11) is 0. The molecule has 1 saturated heterocycles. The van der Waals surface area contributed by atoms with Crippen molar-refractivity contribution in [2.75, 3.05) is 19.6 Å². The zero-order chi connectivity index (χ0) is 12.4. The molecule has 0 atom stereocenters. The Morgan fingerprint density at radius 3 is 2.72 bits per heavy atom. The normalized spacial score (nSPS) is 16.7. The molecule has 0 radical (unpaired) electrons. The largest absolute Gasteiger partial charge is 0.303 e. The van der Waals surface area contributed by atoms with E-state index in [1.54, 1.807) is 0 Å². The fourth-order valence-corrected chi connectivity index (χ4v) is 3.42. The molecule has 0 unspecified atom stereocenters. The summed E-state index contributed by atoms with van der Waals surface area (Å²) in [5.74, 6) is 0. The van der Waals surface area contributed by atoms with Gasteiger partial charge in [-0.25, -0.2) is 0 Å². The van der Waals surface area contributed by atoms with E-state index >= 15 is 0 Å². The molecule has 0 saturated carbocycles. The van der Waals surface area contributed by atoms with Crippen LogP contribution in [-0.2, 0) is 6.54 Å². The van der Waals surface area contributed by atoms with Gasteiger partial charge < -0.3 is 4.90 Å². The number of benzene rings is 1. The van der Waals surface area contributed by atoms with Crippen molar-refractivity contribution in [1.29, 1.82) is 0 Å². The van der Waals surface area contributed by atoms with Gasteiger partial charge in [-0.15, -0.1) is 0 Å². The zero-order valence-corrected chi connectivity index (χ0v) is 12.6. The minimum Gasteiger partial charge on any atom is -0.303 e. The predicted octanol–water partition coefficient (Wildman–Crippen LogP) is 3.13. The van der Waals surface area contributed by atoms with Crippen LogP contribution in [0.2, 0.25) is 0 Å². The highest BCUT2D eigenvalue weighted by Gasteiger charge is 2.11. The highest BCUT2D eigenvalue weighted by Crippen LogP contribution is 2.20. The Kier molecular flexibility index (Phi) is 3.84. The number of fused-ring (bicyclic) bond motifs is 1. The molecule has 1 aliphatic heterocycles. The van der Waals surface area contributed by atoms with Gasteiger partial charge in [-0.3, -0.25) is 4.68 Å². The van der Waals surface area contributed by atoms with Crippen LogP contribution in [-0.4, -0.2) is 34.3 Å². The van der Waals surface area contributed by atoms with Crippen molar-refractivity contribution in [3.05, 3.63) is 28.0 Å². The van der Waals surface area contributed by atoms with Gasteiger partial charge in [-0.2, -0.15) is 5.10 Å². The number of para-hydroxylation sites is 1. The number of aryl methyl sites for hydroxylation is 1. The summed E-state index contributed by atoms with van der Waals surface area (Å²) < 4.78 is 3.28. The molecule has 3 rings (SSSR count). The van der Waals surface area contributed by atoms with E-state index in [4.69, 9.17) is 0 Å². The van der Waals surface area contributed by atoms with Crippen molar-refractivity contribution >= 4 is 33.5 Å². The van der Waals surface area contributed by atoms with Crippen molar-refractivity contribution in [2.45, 2.75) is 25.8 Å². The minimum absolute atomic E-state index is 1.03. The molecule has 2 heterocycles. The second-order valence-corrected chi connectivity index (χ2v) is 5.96. The van der Waals surface area contributed by atoms with Crippen molar-refractivity contribution in [1.82, 2.24) is 14.7 Å². The summed E-state index contributed by atoms with van der Waals surface area (Å²) in [6.07, 6.45) is 3.95. The van der Waals surface area contributed by atoms with Gasteiger partial charge in [0.15, 0.2) is 0 Å². The van der Waals surface area contributed by atoms with Gasteiger partial charge in [0, 0.05) is 11.9 Å². The van der Waals surface area contributed by atoms with Crippen molar-refractivity contribution in [2.24, 2.45) is 0 Å². The smallest absolute Gasteiger partial charge is 0.131 e. The molecule has 1 fully saturated rings. The van der Waals surface area contributed by atoms with Crippen LogP contribution in [0.5, 0.6) is 0 Å². The van der Waals surface area contributed by atoms with Crippen molar-refractivity contribution in [3.63, 3.8) is 0 Å². The maximum atomic E-state index is 4.64. The molecular weight excluding hydrogens is 337 g/mol. The number of rotatable bonds is 4. The van der Waals surface area contributed by atoms with Crippen LogP contribution in [0.3, 0.4) is 0 Å². The molecule has 0 N–H and O–H groups in total. The van der Waals surface area contributed by atoms with Crippen molar-refractivity contribution < 1.29 is 0 Å². The summed E-state index contributed by atoms with van der Waals surface area (Å²) in [5.41, 5.74) is 1.27. The number of nitrogens with zero attached hydrogens (tertiary/aromatic N) is 3. The molecular formula is C14H18IN3. The first kappa shape index (κ1) is 12.4. The molecule has 18 heavy (non-hydrogen) atoms. The lowest BCUT2D eigenvalue weighted by Gasteiger charge is -2.14. The van der Waals surface area contributed by atoms with Crippen LogP contribution in [0.1, 0.15) is 19.3 Å². The first-order valence-electron chi connectivity index (χ1n) is 6.68. The lowest BCUT2D eigenvalue weighted by Crippen LogP contribution is -2.21. The van der Waals surface area contributed by atoms with E-state index in [0.29, 0.717) is 0 Å². The Morgan fingerprint density at radius 2 is 1.89 bits per heavy atom. The molecule has 1 aromatic heterocycles. The molecule has 1 aliphatic rings. The summed E-state index contributed by atoms with van der Waals surface area (Å²) in [6, 6.07) is 8.50. The standard InChI is InChI=1S/C14H18IN3/c15-14-12-6-1-2-7-13(12)18(16-14)11-5-10-17-8-3-4-9-17/h1-2,6-7H,3-5,8-11H2. The number of hydrogen-bond donors (Lipinski definition) is 0. The van der Waals surface area contributed by atoms with Crippen LogP contribution < -0.4 is 0 Å². The molecule has 0 bridgehead atoms. The maximum Gasteiger partial charge on any atom is 0.131 e. The van der Waals surface area contributed by atoms with E-state index in [1.165, 1.54) is 49.8 Å². The van der Waals surface area contributed by atoms with E-state index in [9.17, 15) is 0 Å². The second kappa shape index (κ2) is 5.57. The third-order valence-corrected chi connectivity index (χ3v) is 4.45. The molecule has 1 aromatic carbocycles. The SMILES string of the molecule is Ic1nn(CCCN2CCCC2)c2ccccc12.